The lowest BCUT2D eigenvalue weighted by atomic mass is 9.99. The third-order valence-corrected chi connectivity index (χ3v) is 3.60. The maximum absolute atomic E-state index is 13.7. The van der Waals surface area contributed by atoms with E-state index in [4.69, 9.17) is 10.4 Å². The fourth-order valence-electron chi connectivity index (χ4n) is 2.28. The number of nitriles is 1. The van der Waals surface area contributed by atoms with Crippen molar-refractivity contribution in [1.82, 2.24) is 15.1 Å². The normalized spacial score (nSPS) is 10.8. The van der Waals surface area contributed by atoms with Gasteiger partial charge in [0.1, 0.15) is 17.4 Å². The number of carboxylic acid groups (broad SMARTS) is 1. The van der Waals surface area contributed by atoms with E-state index in [9.17, 15) is 14.0 Å². The van der Waals surface area contributed by atoms with Gasteiger partial charge in [-0.1, -0.05) is 6.07 Å². The Morgan fingerprint density at radius 1 is 1.38 bits per heavy atom. The lowest BCUT2D eigenvalue weighted by molar-refractivity contribution is -0.137. The molecular weight excluding hydrogens is 341 g/mol. The molecule has 0 saturated heterocycles. The largest absolute Gasteiger partial charge is 0.481 e. The van der Waals surface area contributed by atoms with E-state index >= 15 is 0 Å². The topological polar surface area (TPSA) is 120 Å². The highest BCUT2D eigenvalue weighted by molar-refractivity contribution is 5.88. The fourth-order valence-corrected chi connectivity index (χ4v) is 2.28. The Balaban J connectivity index is 2.07. The van der Waals surface area contributed by atoms with Gasteiger partial charge in [0.2, 0.25) is 0 Å². The molecule has 0 aliphatic carbocycles. The number of amides is 2. The number of urea groups is 1. The minimum Gasteiger partial charge on any atom is -0.481 e. The number of aliphatic carboxylic acids is 1. The zero-order valence-corrected chi connectivity index (χ0v) is 14.3. The second-order valence-electron chi connectivity index (χ2n) is 6.25. The summed E-state index contributed by atoms with van der Waals surface area (Å²) in [4.78, 5) is 22.7. The van der Waals surface area contributed by atoms with E-state index in [1.165, 1.54) is 35.1 Å². The molecule has 1 aromatic carbocycles. The van der Waals surface area contributed by atoms with E-state index in [0.29, 0.717) is 0 Å². The first kappa shape index (κ1) is 18.9. The third kappa shape index (κ3) is 4.80. The molecule has 0 aliphatic heterocycles. The molecule has 1 heterocycles. The number of benzene rings is 1. The van der Waals surface area contributed by atoms with Gasteiger partial charge in [-0.2, -0.15) is 5.26 Å². The zero-order chi connectivity index (χ0) is 19.3. The number of aromatic nitrogens is 2. The Morgan fingerprint density at radius 2 is 2.12 bits per heavy atom. The van der Waals surface area contributed by atoms with Crippen LogP contribution in [0.15, 0.2) is 30.5 Å². The van der Waals surface area contributed by atoms with Gasteiger partial charge in [-0.05, 0) is 32.4 Å². The number of nitrogens with zero attached hydrogens (tertiary/aromatic N) is 3. The molecule has 9 heteroatoms. The second-order valence-corrected chi connectivity index (χ2v) is 6.25. The maximum Gasteiger partial charge on any atom is 0.320 e. The number of hydrogen-bond donors (Lipinski definition) is 3. The van der Waals surface area contributed by atoms with Crippen LogP contribution in [0.2, 0.25) is 0 Å². The van der Waals surface area contributed by atoms with E-state index in [2.05, 4.69) is 15.7 Å². The molecule has 3 N–H and O–H groups in total. The van der Waals surface area contributed by atoms with Crippen molar-refractivity contribution in [3.63, 3.8) is 0 Å². The molecule has 0 radical (unpaired) electrons. The molecule has 2 amide bonds. The molecule has 2 rings (SSSR count). The highest BCUT2D eigenvalue weighted by Gasteiger charge is 2.22. The number of carbonyl (C=O) groups excluding carboxylic acids is 1. The molecule has 0 aliphatic rings. The molecule has 0 atom stereocenters. The number of halogens is 1. The van der Waals surface area contributed by atoms with Crippen LogP contribution in [0.25, 0.3) is 5.69 Å². The average Bonchev–Trinajstić information content (AvgIpc) is 3.00. The van der Waals surface area contributed by atoms with Crippen molar-refractivity contribution in [1.29, 1.82) is 5.26 Å². The van der Waals surface area contributed by atoms with Crippen molar-refractivity contribution in [3.05, 3.63) is 41.8 Å². The Bertz CT molecular complexity index is 870. The highest BCUT2D eigenvalue weighted by atomic mass is 19.1. The van der Waals surface area contributed by atoms with Crippen LogP contribution in [-0.2, 0) is 4.79 Å². The van der Waals surface area contributed by atoms with Crippen LogP contribution in [0, 0.1) is 17.1 Å². The fraction of sp³-hybridized carbons (Fsp3) is 0.294. The molecule has 0 spiro atoms. The Labute approximate surface area is 149 Å². The summed E-state index contributed by atoms with van der Waals surface area (Å²) in [5.41, 5.74) is -0.620. The summed E-state index contributed by atoms with van der Waals surface area (Å²) in [6.07, 6.45) is 1.68. The second kappa shape index (κ2) is 7.65. The summed E-state index contributed by atoms with van der Waals surface area (Å²) >= 11 is 0. The van der Waals surface area contributed by atoms with Crippen LogP contribution in [0.5, 0.6) is 0 Å². The summed E-state index contributed by atoms with van der Waals surface area (Å²) in [5, 5.41) is 27.1. The van der Waals surface area contributed by atoms with Gasteiger partial charge in [-0.3, -0.25) is 10.1 Å². The van der Waals surface area contributed by atoms with Gasteiger partial charge in [0.25, 0.3) is 0 Å². The summed E-state index contributed by atoms with van der Waals surface area (Å²) in [6.45, 7) is 3.42. The van der Waals surface area contributed by atoms with Gasteiger partial charge >= 0.3 is 12.0 Å². The molecule has 0 bridgehead atoms. The van der Waals surface area contributed by atoms with Crippen LogP contribution < -0.4 is 10.6 Å². The van der Waals surface area contributed by atoms with E-state index in [-0.39, 0.29) is 29.9 Å². The van der Waals surface area contributed by atoms with Crippen molar-refractivity contribution in [2.45, 2.75) is 32.2 Å². The molecule has 1 aromatic heterocycles. The Morgan fingerprint density at radius 3 is 2.77 bits per heavy atom. The van der Waals surface area contributed by atoms with Gasteiger partial charge in [-0.15, -0.1) is 5.10 Å². The van der Waals surface area contributed by atoms with Gasteiger partial charge < -0.3 is 10.4 Å². The van der Waals surface area contributed by atoms with Gasteiger partial charge in [-0.25, -0.2) is 13.9 Å². The number of carbonyl (C=O) groups is 2. The smallest absolute Gasteiger partial charge is 0.320 e. The number of rotatable bonds is 6. The van der Waals surface area contributed by atoms with E-state index < -0.39 is 23.4 Å². The first-order chi connectivity index (χ1) is 12.2. The predicted octanol–water partition coefficient (Wildman–Crippen LogP) is 2.65. The molecule has 136 valence electrons. The summed E-state index contributed by atoms with van der Waals surface area (Å²) in [7, 11) is 0. The first-order valence-electron chi connectivity index (χ1n) is 7.77. The lowest BCUT2D eigenvalue weighted by Gasteiger charge is -2.25. The zero-order valence-electron chi connectivity index (χ0n) is 14.3. The van der Waals surface area contributed by atoms with Crippen molar-refractivity contribution < 1.29 is 19.1 Å². The number of anilines is 1. The molecule has 0 saturated carbocycles. The van der Waals surface area contributed by atoms with Gasteiger partial charge in [0.05, 0.1) is 5.69 Å². The third-order valence-electron chi connectivity index (χ3n) is 3.60. The minimum absolute atomic E-state index is 0.0710. The van der Waals surface area contributed by atoms with Crippen LogP contribution in [-0.4, -0.2) is 32.4 Å². The van der Waals surface area contributed by atoms with Crippen molar-refractivity contribution in [2.24, 2.45) is 0 Å². The maximum atomic E-state index is 13.7. The first-order valence-corrected chi connectivity index (χ1v) is 7.77. The van der Waals surface area contributed by atoms with Gasteiger partial charge in [0, 0.05) is 24.2 Å². The van der Waals surface area contributed by atoms with E-state index in [0.717, 1.165) is 0 Å². The monoisotopic (exact) mass is 359 g/mol. The standard InChI is InChI=1S/C17H18FN5O3/c1-17(2,8-6-15(24)25)21-16(26)20-14-7-9-23(22-14)13-5-3-4-12(18)11(13)10-19/h3-5,7,9H,6,8H2,1-2H3,(H,24,25)(H2,20,21,22,26). The van der Waals surface area contributed by atoms with E-state index in [1.807, 2.05) is 0 Å². The predicted molar refractivity (Wildman–Crippen MR) is 91.3 cm³/mol. The molecule has 0 fully saturated rings. The molecule has 8 nitrogen and oxygen atoms in total. The van der Waals surface area contributed by atoms with Crippen molar-refractivity contribution >= 4 is 17.8 Å². The Hall–Kier alpha value is -3.41. The summed E-state index contributed by atoms with van der Waals surface area (Å²) < 4.78 is 15.0. The summed E-state index contributed by atoms with van der Waals surface area (Å²) in [5.74, 6) is -1.40. The number of nitrogens with one attached hydrogen (secondary N) is 2. The van der Waals surface area contributed by atoms with Crippen LogP contribution in [0.3, 0.4) is 0 Å². The SMILES string of the molecule is CC(C)(CCC(=O)O)NC(=O)Nc1ccn(-c2cccc(F)c2C#N)n1. The number of hydrogen-bond acceptors (Lipinski definition) is 4. The van der Waals surface area contributed by atoms with Crippen molar-refractivity contribution in [3.8, 4) is 11.8 Å². The molecule has 2 aromatic rings. The Kier molecular flexibility index (Phi) is 5.57. The quantitative estimate of drug-likeness (QED) is 0.732. The van der Waals surface area contributed by atoms with E-state index in [1.54, 1.807) is 19.9 Å². The highest BCUT2D eigenvalue weighted by Crippen LogP contribution is 2.18. The van der Waals surface area contributed by atoms with Gasteiger partial charge in [0.15, 0.2) is 5.82 Å². The lowest BCUT2D eigenvalue weighted by Crippen LogP contribution is -2.45. The summed E-state index contributed by atoms with van der Waals surface area (Å²) in [6, 6.07) is 6.90. The van der Waals surface area contributed by atoms with Crippen molar-refractivity contribution in [2.75, 3.05) is 5.32 Å². The van der Waals surface area contributed by atoms with Crippen LogP contribution >= 0.6 is 0 Å². The minimum atomic E-state index is -0.942. The molecule has 0 unspecified atom stereocenters. The molecule has 26 heavy (non-hydrogen) atoms. The number of carboxylic acids is 1. The molecular formula is C17H18FN5O3. The average molecular weight is 359 g/mol. The van der Waals surface area contributed by atoms with Crippen LogP contribution in [0.4, 0.5) is 15.0 Å². The van der Waals surface area contributed by atoms with Crippen LogP contribution in [0.1, 0.15) is 32.3 Å².